The summed E-state index contributed by atoms with van der Waals surface area (Å²) in [5.41, 5.74) is 8.13. The first kappa shape index (κ1) is 11.9. The summed E-state index contributed by atoms with van der Waals surface area (Å²) >= 11 is 0. The van der Waals surface area contributed by atoms with Gasteiger partial charge in [0.05, 0.1) is 5.82 Å². The fourth-order valence-electron chi connectivity index (χ4n) is 2.12. The van der Waals surface area contributed by atoms with E-state index in [1.165, 1.54) is 5.56 Å². The van der Waals surface area contributed by atoms with E-state index in [1.807, 2.05) is 12.3 Å². The molecule has 1 fully saturated rings. The summed E-state index contributed by atoms with van der Waals surface area (Å²) in [4.78, 5) is 8.88. The van der Waals surface area contributed by atoms with Gasteiger partial charge in [-0.05, 0) is 18.6 Å². The summed E-state index contributed by atoms with van der Waals surface area (Å²) in [6, 6.07) is 4.15. The zero-order chi connectivity index (χ0) is 12.3. The van der Waals surface area contributed by atoms with Gasteiger partial charge in [0.2, 0.25) is 0 Å². The summed E-state index contributed by atoms with van der Waals surface area (Å²) in [5, 5.41) is 0. The molecule has 1 aromatic heterocycles. The van der Waals surface area contributed by atoms with Crippen molar-refractivity contribution in [3.63, 3.8) is 0 Å². The number of hydrogen-bond acceptors (Lipinski definition) is 4. The minimum absolute atomic E-state index is 0.683. The largest absolute Gasteiger partial charge is 0.386 e. The van der Waals surface area contributed by atoms with Crippen LogP contribution in [0.2, 0.25) is 0 Å². The van der Waals surface area contributed by atoms with Crippen molar-refractivity contribution in [2.45, 2.75) is 13.5 Å². The van der Waals surface area contributed by atoms with Gasteiger partial charge in [-0.2, -0.15) is 0 Å². The van der Waals surface area contributed by atoms with E-state index in [-0.39, 0.29) is 0 Å². The predicted molar refractivity (Wildman–Crippen MR) is 69.2 cm³/mol. The quantitative estimate of drug-likeness (QED) is 0.842. The van der Waals surface area contributed by atoms with Crippen molar-refractivity contribution in [1.29, 1.82) is 0 Å². The lowest BCUT2D eigenvalue weighted by atomic mass is 10.2. The number of rotatable bonds is 3. The highest BCUT2D eigenvalue weighted by Crippen LogP contribution is 2.11. The lowest BCUT2D eigenvalue weighted by Gasteiger charge is -2.35. The average Bonchev–Trinajstić information content (AvgIpc) is 2.33. The van der Waals surface area contributed by atoms with Crippen LogP contribution in [0, 0.1) is 6.92 Å². The van der Waals surface area contributed by atoms with E-state index >= 15 is 0 Å². The molecule has 0 aromatic carbocycles. The smallest absolute Gasteiger partial charge is 0.0913 e. The molecule has 2 rings (SSSR count). The van der Waals surface area contributed by atoms with Crippen molar-refractivity contribution in [1.82, 2.24) is 14.8 Å². The van der Waals surface area contributed by atoms with Crippen LogP contribution in [0.5, 0.6) is 0 Å². The monoisotopic (exact) mass is 232 g/mol. The number of piperazine rings is 1. The Morgan fingerprint density at radius 3 is 2.71 bits per heavy atom. The maximum Gasteiger partial charge on any atom is 0.0913 e. The van der Waals surface area contributed by atoms with Crippen molar-refractivity contribution < 1.29 is 0 Å². The highest BCUT2D eigenvalue weighted by atomic mass is 15.3. The van der Waals surface area contributed by atoms with Crippen molar-refractivity contribution >= 4 is 0 Å². The molecule has 1 aliphatic rings. The van der Waals surface area contributed by atoms with E-state index in [1.54, 1.807) is 0 Å². The fraction of sp³-hybridized carbons (Fsp3) is 0.462. The summed E-state index contributed by atoms with van der Waals surface area (Å²) in [7, 11) is 0. The number of hydrogen-bond donors (Lipinski definition) is 1. The first-order valence-electron chi connectivity index (χ1n) is 5.99. The van der Waals surface area contributed by atoms with Crippen LogP contribution in [0.4, 0.5) is 0 Å². The van der Waals surface area contributed by atoms with E-state index in [2.05, 4.69) is 34.4 Å². The van der Waals surface area contributed by atoms with Crippen LogP contribution >= 0.6 is 0 Å². The first-order valence-corrected chi connectivity index (χ1v) is 5.99. The second-order valence-corrected chi connectivity index (χ2v) is 4.50. The van der Waals surface area contributed by atoms with Crippen LogP contribution in [0.15, 0.2) is 30.7 Å². The Hall–Kier alpha value is -1.55. The van der Waals surface area contributed by atoms with E-state index in [0.717, 1.165) is 38.4 Å². The number of nitrogens with two attached hydrogens (primary N) is 1. The fourth-order valence-corrected chi connectivity index (χ4v) is 2.12. The summed E-state index contributed by atoms with van der Waals surface area (Å²) < 4.78 is 0. The molecular formula is C13H20N4. The Kier molecular flexibility index (Phi) is 3.64. The van der Waals surface area contributed by atoms with Gasteiger partial charge in [0, 0.05) is 44.6 Å². The van der Waals surface area contributed by atoms with Gasteiger partial charge in [0.25, 0.3) is 0 Å². The highest BCUT2D eigenvalue weighted by molar-refractivity contribution is 5.18. The molecule has 2 N–H and O–H groups in total. The molecular weight excluding hydrogens is 212 g/mol. The van der Waals surface area contributed by atoms with Crippen molar-refractivity contribution in [3.05, 3.63) is 42.0 Å². The summed E-state index contributed by atoms with van der Waals surface area (Å²) in [6.07, 6.45) is 1.84. The Balaban J connectivity index is 1.90. The Morgan fingerprint density at radius 2 is 2.12 bits per heavy atom. The third kappa shape index (κ3) is 2.97. The van der Waals surface area contributed by atoms with Gasteiger partial charge in [-0.25, -0.2) is 0 Å². The molecule has 0 spiro atoms. The van der Waals surface area contributed by atoms with E-state index in [9.17, 15) is 0 Å². The molecule has 17 heavy (non-hydrogen) atoms. The van der Waals surface area contributed by atoms with Crippen molar-refractivity contribution in [2.75, 3.05) is 26.2 Å². The van der Waals surface area contributed by atoms with Crippen LogP contribution in [0.3, 0.4) is 0 Å². The normalized spacial score (nSPS) is 17.1. The number of nitrogens with zero attached hydrogens (tertiary/aromatic N) is 3. The van der Waals surface area contributed by atoms with Gasteiger partial charge in [-0.1, -0.05) is 12.6 Å². The van der Waals surface area contributed by atoms with Crippen LogP contribution in [-0.4, -0.2) is 41.0 Å². The molecule has 0 aliphatic carbocycles. The molecule has 92 valence electrons. The lowest BCUT2D eigenvalue weighted by Crippen LogP contribution is -2.46. The molecule has 1 aliphatic heterocycles. The minimum atomic E-state index is 0.683. The van der Waals surface area contributed by atoms with Crippen LogP contribution in [0.1, 0.15) is 11.3 Å². The SMILES string of the molecule is C=C(N)N1CCN(Cc2cccnc2C)CC1. The molecule has 0 saturated carbocycles. The number of pyridine rings is 1. The van der Waals surface area contributed by atoms with Gasteiger partial charge in [-0.15, -0.1) is 0 Å². The minimum Gasteiger partial charge on any atom is -0.386 e. The van der Waals surface area contributed by atoms with Gasteiger partial charge in [0.1, 0.15) is 0 Å². The first-order chi connectivity index (χ1) is 8.16. The molecule has 0 atom stereocenters. The maximum atomic E-state index is 5.69. The standard InChI is InChI=1S/C13H20N4/c1-11-13(4-3-5-15-11)10-16-6-8-17(9-7-16)12(2)14/h3-5H,2,6-10,14H2,1H3. The number of aryl methyl sites for hydroxylation is 1. The van der Waals surface area contributed by atoms with Gasteiger partial charge in [-0.3, -0.25) is 9.88 Å². The highest BCUT2D eigenvalue weighted by Gasteiger charge is 2.17. The Morgan fingerprint density at radius 1 is 1.41 bits per heavy atom. The Bertz CT molecular complexity index is 394. The molecule has 0 radical (unpaired) electrons. The van der Waals surface area contributed by atoms with E-state index < -0.39 is 0 Å². The summed E-state index contributed by atoms with van der Waals surface area (Å²) in [6.45, 7) is 10.8. The number of aromatic nitrogens is 1. The van der Waals surface area contributed by atoms with Crippen molar-refractivity contribution in [2.24, 2.45) is 5.73 Å². The summed E-state index contributed by atoms with van der Waals surface area (Å²) in [5.74, 6) is 0.683. The molecule has 1 saturated heterocycles. The Labute approximate surface area is 103 Å². The second kappa shape index (κ2) is 5.19. The van der Waals surface area contributed by atoms with E-state index in [0.29, 0.717) is 5.82 Å². The van der Waals surface area contributed by atoms with E-state index in [4.69, 9.17) is 5.73 Å². The molecule has 0 bridgehead atoms. The van der Waals surface area contributed by atoms with Crippen LogP contribution < -0.4 is 5.73 Å². The molecule has 1 aromatic rings. The van der Waals surface area contributed by atoms with Gasteiger partial charge in [0.15, 0.2) is 0 Å². The topological polar surface area (TPSA) is 45.4 Å². The maximum absolute atomic E-state index is 5.69. The zero-order valence-electron chi connectivity index (χ0n) is 10.4. The van der Waals surface area contributed by atoms with Crippen LogP contribution in [0.25, 0.3) is 0 Å². The molecule has 4 heteroatoms. The second-order valence-electron chi connectivity index (χ2n) is 4.50. The third-order valence-corrected chi connectivity index (χ3v) is 3.29. The predicted octanol–water partition coefficient (Wildman–Crippen LogP) is 0.938. The average molecular weight is 232 g/mol. The van der Waals surface area contributed by atoms with Crippen LogP contribution in [-0.2, 0) is 6.54 Å². The molecule has 2 heterocycles. The molecule has 4 nitrogen and oxygen atoms in total. The molecule has 0 unspecified atom stereocenters. The molecule has 0 amide bonds. The van der Waals surface area contributed by atoms with Gasteiger partial charge < -0.3 is 10.6 Å². The third-order valence-electron chi connectivity index (χ3n) is 3.29. The zero-order valence-corrected chi connectivity index (χ0v) is 10.4. The van der Waals surface area contributed by atoms with Gasteiger partial charge >= 0.3 is 0 Å². The lowest BCUT2D eigenvalue weighted by molar-refractivity contribution is 0.152. The van der Waals surface area contributed by atoms with Crippen molar-refractivity contribution in [3.8, 4) is 0 Å².